The topological polar surface area (TPSA) is 47.6 Å². The number of hydrogen-bond acceptors (Lipinski definition) is 3. The van der Waals surface area contributed by atoms with Crippen molar-refractivity contribution in [3.05, 3.63) is 18.2 Å². The summed E-state index contributed by atoms with van der Waals surface area (Å²) in [4.78, 5) is 11.6. The van der Waals surface area contributed by atoms with Crippen molar-refractivity contribution < 1.29 is 88.9 Å². The summed E-state index contributed by atoms with van der Waals surface area (Å²) >= 11 is 0. The number of ether oxygens (including phenoxy) is 2. The molecule has 1 N–H and O–H groups in total. The van der Waals surface area contributed by atoms with E-state index in [0.29, 0.717) is 6.07 Å². The molecule has 0 aliphatic heterocycles. The SMILES string of the molecule is COc1ccc(OC)c(NC(=O)C(F)(F)C(F)(F)C(F)(F)C(F)(F)C(F)(F)C(F)(F)C(F)(F)C(F)(F)F)c1. The Bertz CT molecular complexity index is 1040. The van der Waals surface area contributed by atoms with E-state index in [9.17, 15) is 79.4 Å². The summed E-state index contributed by atoms with van der Waals surface area (Å²) in [5.41, 5.74) is -1.12. The number of anilines is 1. The summed E-state index contributed by atoms with van der Waals surface area (Å²) in [6.45, 7) is 0. The maximum absolute atomic E-state index is 14.0. The Morgan fingerprint density at radius 2 is 1.00 bits per heavy atom. The molecule has 0 aliphatic carbocycles. The van der Waals surface area contributed by atoms with Crippen LogP contribution in [0.5, 0.6) is 11.5 Å². The van der Waals surface area contributed by atoms with Gasteiger partial charge in [-0.1, -0.05) is 0 Å². The molecule has 1 aromatic rings. The molecule has 0 fully saturated rings. The van der Waals surface area contributed by atoms with Crippen molar-refractivity contribution in [1.29, 1.82) is 0 Å². The lowest BCUT2D eigenvalue weighted by atomic mass is 9.89. The van der Waals surface area contributed by atoms with Gasteiger partial charge in [0.2, 0.25) is 0 Å². The number of rotatable bonds is 10. The Morgan fingerprint density at radius 1 is 0.605 bits per heavy atom. The second-order valence-corrected chi connectivity index (χ2v) is 7.04. The summed E-state index contributed by atoms with van der Waals surface area (Å²) in [6, 6.07) is 2.25. The van der Waals surface area contributed by atoms with Crippen LogP contribution in [0.15, 0.2) is 18.2 Å². The zero-order valence-electron chi connectivity index (χ0n) is 17.9. The monoisotopic (exact) mass is 599 g/mol. The second kappa shape index (κ2) is 9.38. The zero-order chi connectivity index (χ0) is 30.6. The number of hydrogen-bond donors (Lipinski definition) is 1. The molecule has 1 rings (SSSR count). The normalized spacial score (nSPS) is 14.8. The third-order valence-corrected chi connectivity index (χ3v) is 4.66. The van der Waals surface area contributed by atoms with Crippen molar-refractivity contribution in [2.75, 3.05) is 19.5 Å². The van der Waals surface area contributed by atoms with Gasteiger partial charge in [0.15, 0.2) is 0 Å². The van der Waals surface area contributed by atoms with Gasteiger partial charge in [0.05, 0.1) is 19.9 Å². The average molecular weight is 599 g/mol. The number of amides is 1. The maximum atomic E-state index is 14.0. The predicted molar refractivity (Wildman–Crippen MR) is 88.9 cm³/mol. The van der Waals surface area contributed by atoms with E-state index >= 15 is 0 Å². The largest absolute Gasteiger partial charge is 0.497 e. The molecule has 1 amide bonds. The summed E-state index contributed by atoms with van der Waals surface area (Å²) in [6.07, 6.45) is -7.85. The van der Waals surface area contributed by atoms with Gasteiger partial charge < -0.3 is 14.8 Å². The van der Waals surface area contributed by atoms with Crippen molar-refractivity contribution in [1.82, 2.24) is 0 Å². The number of nitrogens with one attached hydrogen (secondary N) is 1. The lowest BCUT2D eigenvalue weighted by molar-refractivity contribution is -0.459. The van der Waals surface area contributed by atoms with E-state index in [0.717, 1.165) is 31.7 Å². The highest BCUT2D eigenvalue weighted by Gasteiger charge is 2.95. The van der Waals surface area contributed by atoms with E-state index in [2.05, 4.69) is 9.47 Å². The highest BCUT2D eigenvalue weighted by atomic mass is 19.4. The summed E-state index contributed by atoms with van der Waals surface area (Å²) in [5, 5.41) is 0.763. The average Bonchev–Trinajstić information content (AvgIpc) is 2.77. The second-order valence-electron chi connectivity index (χ2n) is 7.04. The first-order valence-corrected chi connectivity index (χ1v) is 8.88. The van der Waals surface area contributed by atoms with Crippen LogP contribution in [-0.4, -0.2) is 67.8 Å². The molecule has 0 unspecified atom stereocenters. The Hall–Kier alpha value is -2.90. The van der Waals surface area contributed by atoms with E-state index in [1.165, 1.54) is 0 Å². The maximum Gasteiger partial charge on any atom is 0.460 e. The minimum atomic E-state index is -8.78. The van der Waals surface area contributed by atoms with Crippen LogP contribution in [0, 0.1) is 0 Å². The van der Waals surface area contributed by atoms with Crippen molar-refractivity contribution in [3.63, 3.8) is 0 Å². The van der Waals surface area contributed by atoms with Gasteiger partial charge in [-0.25, -0.2) is 0 Å². The molecule has 0 spiro atoms. The third kappa shape index (κ3) is 4.50. The number of alkyl halides is 17. The van der Waals surface area contributed by atoms with Gasteiger partial charge in [0.25, 0.3) is 0 Å². The molecule has 0 radical (unpaired) electrons. The molecule has 0 atom stereocenters. The molecule has 21 heteroatoms. The predicted octanol–water partition coefficient (Wildman–Crippen LogP) is 6.65. The van der Waals surface area contributed by atoms with Gasteiger partial charge in [-0.3, -0.25) is 4.79 Å². The van der Waals surface area contributed by atoms with Crippen LogP contribution in [-0.2, 0) is 4.79 Å². The minimum absolute atomic E-state index is 0.375. The lowest BCUT2D eigenvalue weighted by Gasteiger charge is -2.42. The molecule has 0 aromatic heterocycles. The van der Waals surface area contributed by atoms with Crippen LogP contribution in [0.4, 0.5) is 80.3 Å². The van der Waals surface area contributed by atoms with E-state index in [4.69, 9.17) is 0 Å². The fourth-order valence-corrected chi connectivity index (χ4v) is 2.42. The van der Waals surface area contributed by atoms with E-state index in [1.807, 2.05) is 0 Å². The van der Waals surface area contributed by atoms with E-state index in [1.54, 1.807) is 0 Å². The summed E-state index contributed by atoms with van der Waals surface area (Å²) in [5.74, 6) is -63.2. The summed E-state index contributed by atoms with van der Waals surface area (Å²) in [7, 11) is 1.68. The Kier molecular flexibility index (Phi) is 8.18. The van der Waals surface area contributed by atoms with Crippen molar-refractivity contribution in [2.24, 2.45) is 0 Å². The molecule has 0 saturated heterocycles. The molecule has 0 bridgehead atoms. The zero-order valence-corrected chi connectivity index (χ0v) is 17.9. The highest BCUT2D eigenvalue weighted by molar-refractivity contribution is 5.98. The third-order valence-electron chi connectivity index (χ3n) is 4.66. The number of benzene rings is 1. The first-order chi connectivity index (χ1) is 16.6. The van der Waals surface area contributed by atoms with E-state index in [-0.39, 0.29) is 5.75 Å². The van der Waals surface area contributed by atoms with Gasteiger partial charge in [-0.15, -0.1) is 0 Å². The van der Waals surface area contributed by atoms with Crippen LogP contribution < -0.4 is 14.8 Å². The highest BCUT2D eigenvalue weighted by Crippen LogP contribution is 2.64. The number of carbonyl (C=O) groups is 1. The fraction of sp³-hybridized carbons (Fsp3) is 0.588. The molecular formula is C17H10F17NO3. The molecule has 4 nitrogen and oxygen atoms in total. The van der Waals surface area contributed by atoms with Gasteiger partial charge >= 0.3 is 53.5 Å². The molecule has 0 aliphatic rings. The minimum Gasteiger partial charge on any atom is -0.497 e. The smallest absolute Gasteiger partial charge is 0.460 e. The Labute approximate surface area is 198 Å². The summed E-state index contributed by atoms with van der Waals surface area (Å²) < 4.78 is 235. The first kappa shape index (κ1) is 33.1. The quantitative estimate of drug-likeness (QED) is 0.307. The molecular weight excluding hydrogens is 589 g/mol. The van der Waals surface area contributed by atoms with Crippen molar-refractivity contribution in [3.8, 4) is 11.5 Å². The number of halogens is 17. The number of methoxy groups -OCH3 is 2. The van der Waals surface area contributed by atoms with Crippen molar-refractivity contribution >= 4 is 11.6 Å². The lowest BCUT2D eigenvalue weighted by Crippen LogP contribution is -2.75. The van der Waals surface area contributed by atoms with Gasteiger partial charge in [-0.2, -0.15) is 74.6 Å². The van der Waals surface area contributed by atoms with Crippen LogP contribution in [0.25, 0.3) is 0 Å². The molecule has 0 heterocycles. The standard InChI is InChI=1S/C17H10F17NO3/c1-37-6-3-4-8(38-2)7(5-6)35-9(36)10(18,19)11(20,21)12(22,23)13(24,25)14(26,27)15(28,29)16(30,31)17(32,33)34/h3-5H,1-2H3,(H,35,36). The van der Waals surface area contributed by atoms with Gasteiger partial charge in [0.1, 0.15) is 11.5 Å². The van der Waals surface area contributed by atoms with Gasteiger partial charge in [-0.05, 0) is 12.1 Å². The first-order valence-electron chi connectivity index (χ1n) is 8.88. The van der Waals surface area contributed by atoms with E-state index < -0.39 is 65.0 Å². The molecule has 1 aromatic carbocycles. The molecule has 220 valence electrons. The van der Waals surface area contributed by atoms with Gasteiger partial charge in [0, 0.05) is 6.07 Å². The Morgan fingerprint density at radius 3 is 1.37 bits per heavy atom. The van der Waals surface area contributed by atoms with Crippen LogP contribution in [0.3, 0.4) is 0 Å². The fourth-order valence-electron chi connectivity index (χ4n) is 2.42. The van der Waals surface area contributed by atoms with Crippen molar-refractivity contribution in [2.45, 2.75) is 47.6 Å². The van der Waals surface area contributed by atoms with Crippen LogP contribution in [0.1, 0.15) is 0 Å². The Balaban J connectivity index is 3.63. The van der Waals surface area contributed by atoms with Crippen LogP contribution in [0.2, 0.25) is 0 Å². The molecule has 0 saturated carbocycles. The molecule has 38 heavy (non-hydrogen) atoms. The van der Waals surface area contributed by atoms with Crippen LogP contribution >= 0.6 is 0 Å². The number of carbonyl (C=O) groups excluding carboxylic acids is 1.